The number of nitrogens with two attached hydrogens (primary N) is 1. The fraction of sp³-hybridized carbons (Fsp3) is 0.0500. The molecule has 0 radical (unpaired) electrons. The summed E-state index contributed by atoms with van der Waals surface area (Å²) in [6, 6.07) is 19.4. The Labute approximate surface area is 140 Å². The minimum atomic E-state index is -0.243. The van der Waals surface area contributed by atoms with E-state index in [0.717, 1.165) is 11.1 Å². The average Bonchev–Trinajstić information content (AvgIpc) is 2.61. The van der Waals surface area contributed by atoms with E-state index in [1.165, 1.54) is 13.2 Å². The van der Waals surface area contributed by atoms with E-state index in [-0.39, 0.29) is 17.1 Å². The van der Waals surface area contributed by atoms with Crippen LogP contribution in [0.2, 0.25) is 0 Å². The van der Waals surface area contributed by atoms with E-state index in [1.807, 2.05) is 36.4 Å². The molecule has 4 heteroatoms. The molecule has 3 aromatic carbocycles. The quantitative estimate of drug-likeness (QED) is 0.565. The van der Waals surface area contributed by atoms with Crippen LogP contribution in [0.4, 0.5) is 5.69 Å². The SMILES string of the molecule is COc1ccc(C(=O)c2cccc(-c3ccc(N)cc3)c2)c(O)c1. The molecule has 0 saturated carbocycles. The highest BCUT2D eigenvalue weighted by atomic mass is 16.5. The van der Waals surface area contributed by atoms with Crippen molar-refractivity contribution in [3.63, 3.8) is 0 Å². The molecule has 0 unspecified atom stereocenters. The number of nitrogen functional groups attached to an aromatic ring is 1. The van der Waals surface area contributed by atoms with Crippen LogP contribution in [-0.4, -0.2) is 18.0 Å². The number of hydrogen-bond donors (Lipinski definition) is 2. The standard InChI is InChI=1S/C20H17NO3/c1-24-17-9-10-18(19(22)12-17)20(23)15-4-2-3-14(11-15)13-5-7-16(21)8-6-13/h2-12,22H,21H2,1H3. The Kier molecular flexibility index (Phi) is 4.20. The lowest BCUT2D eigenvalue weighted by atomic mass is 9.97. The highest BCUT2D eigenvalue weighted by Crippen LogP contribution is 2.27. The fourth-order valence-corrected chi connectivity index (χ4v) is 2.50. The number of benzene rings is 3. The Bertz CT molecular complexity index is 886. The Morgan fingerprint density at radius 1 is 0.958 bits per heavy atom. The third-order valence-corrected chi connectivity index (χ3v) is 3.82. The molecule has 0 aliphatic rings. The van der Waals surface area contributed by atoms with Crippen LogP contribution in [0, 0.1) is 0 Å². The highest BCUT2D eigenvalue weighted by Gasteiger charge is 2.15. The first-order valence-electron chi connectivity index (χ1n) is 7.46. The van der Waals surface area contributed by atoms with Crippen LogP contribution in [0.3, 0.4) is 0 Å². The third kappa shape index (κ3) is 3.08. The predicted octanol–water partition coefficient (Wildman–Crippen LogP) is 3.88. The van der Waals surface area contributed by atoms with Gasteiger partial charge in [-0.15, -0.1) is 0 Å². The summed E-state index contributed by atoms with van der Waals surface area (Å²) in [7, 11) is 1.51. The van der Waals surface area contributed by atoms with Gasteiger partial charge in [0.15, 0.2) is 5.78 Å². The van der Waals surface area contributed by atoms with E-state index >= 15 is 0 Å². The first-order valence-corrected chi connectivity index (χ1v) is 7.46. The number of carbonyl (C=O) groups excluding carboxylic acids is 1. The van der Waals surface area contributed by atoms with Crippen molar-refractivity contribution in [2.45, 2.75) is 0 Å². The van der Waals surface area contributed by atoms with Gasteiger partial charge in [-0.1, -0.05) is 30.3 Å². The largest absolute Gasteiger partial charge is 0.507 e. The maximum Gasteiger partial charge on any atom is 0.196 e. The normalized spacial score (nSPS) is 10.4. The van der Waals surface area contributed by atoms with Crippen LogP contribution in [-0.2, 0) is 0 Å². The number of ether oxygens (including phenoxy) is 1. The second-order valence-electron chi connectivity index (χ2n) is 5.42. The van der Waals surface area contributed by atoms with Crippen LogP contribution >= 0.6 is 0 Å². The number of ketones is 1. The molecule has 0 bridgehead atoms. The Hall–Kier alpha value is -3.27. The van der Waals surface area contributed by atoms with Crippen LogP contribution in [0.15, 0.2) is 66.7 Å². The number of rotatable bonds is 4. The molecule has 4 nitrogen and oxygen atoms in total. The van der Waals surface area contributed by atoms with Crippen LogP contribution < -0.4 is 10.5 Å². The summed E-state index contributed by atoms with van der Waals surface area (Å²) in [6.45, 7) is 0. The zero-order chi connectivity index (χ0) is 17.1. The average molecular weight is 319 g/mol. The van der Waals surface area contributed by atoms with Gasteiger partial charge in [-0.05, 0) is 41.5 Å². The van der Waals surface area contributed by atoms with E-state index in [2.05, 4.69) is 0 Å². The molecule has 24 heavy (non-hydrogen) atoms. The lowest BCUT2D eigenvalue weighted by Crippen LogP contribution is -2.02. The van der Waals surface area contributed by atoms with Crippen LogP contribution in [0.25, 0.3) is 11.1 Å². The molecular weight excluding hydrogens is 302 g/mol. The minimum absolute atomic E-state index is 0.0998. The van der Waals surface area contributed by atoms with Gasteiger partial charge in [-0.25, -0.2) is 0 Å². The highest BCUT2D eigenvalue weighted by molar-refractivity contribution is 6.11. The summed E-state index contributed by atoms with van der Waals surface area (Å²) in [5.41, 5.74) is 9.02. The monoisotopic (exact) mass is 319 g/mol. The van der Waals surface area contributed by atoms with Gasteiger partial charge in [0.2, 0.25) is 0 Å². The van der Waals surface area contributed by atoms with Gasteiger partial charge in [0.05, 0.1) is 12.7 Å². The molecule has 0 amide bonds. The van der Waals surface area contributed by atoms with Crippen LogP contribution in [0.5, 0.6) is 11.5 Å². The van der Waals surface area contributed by atoms with Gasteiger partial charge >= 0.3 is 0 Å². The number of anilines is 1. The van der Waals surface area contributed by atoms with Crippen molar-refractivity contribution in [1.82, 2.24) is 0 Å². The molecule has 0 aromatic heterocycles. The maximum atomic E-state index is 12.7. The summed E-state index contributed by atoms with van der Waals surface area (Å²) in [5, 5.41) is 10.1. The van der Waals surface area contributed by atoms with Crippen molar-refractivity contribution in [2.75, 3.05) is 12.8 Å². The molecule has 0 saturated heterocycles. The van der Waals surface area contributed by atoms with Crippen molar-refractivity contribution in [1.29, 1.82) is 0 Å². The van der Waals surface area contributed by atoms with E-state index < -0.39 is 0 Å². The minimum Gasteiger partial charge on any atom is -0.507 e. The van der Waals surface area contributed by atoms with E-state index in [9.17, 15) is 9.90 Å². The van der Waals surface area contributed by atoms with Gasteiger partial charge in [-0.3, -0.25) is 4.79 Å². The van der Waals surface area contributed by atoms with Crippen LogP contribution in [0.1, 0.15) is 15.9 Å². The van der Waals surface area contributed by atoms with E-state index in [1.54, 1.807) is 24.3 Å². The molecule has 3 N–H and O–H groups in total. The zero-order valence-corrected chi connectivity index (χ0v) is 13.2. The van der Waals surface area contributed by atoms with E-state index in [0.29, 0.717) is 17.0 Å². The van der Waals surface area contributed by atoms with E-state index in [4.69, 9.17) is 10.5 Å². The predicted molar refractivity (Wildman–Crippen MR) is 94.4 cm³/mol. The maximum absolute atomic E-state index is 12.7. The van der Waals surface area contributed by atoms with Crippen molar-refractivity contribution in [3.8, 4) is 22.6 Å². The topological polar surface area (TPSA) is 72.5 Å². The van der Waals surface area contributed by atoms with Gasteiger partial charge in [0.1, 0.15) is 11.5 Å². The fourth-order valence-electron chi connectivity index (χ4n) is 2.50. The Balaban J connectivity index is 1.96. The third-order valence-electron chi connectivity index (χ3n) is 3.82. The van der Waals surface area contributed by atoms with Crippen molar-refractivity contribution in [3.05, 3.63) is 77.9 Å². The summed E-state index contributed by atoms with van der Waals surface area (Å²) in [5.74, 6) is 0.157. The molecule has 0 spiro atoms. The van der Waals surface area contributed by atoms with Gasteiger partial charge in [-0.2, -0.15) is 0 Å². The van der Waals surface area contributed by atoms with Gasteiger partial charge < -0.3 is 15.6 Å². The van der Waals surface area contributed by atoms with Crippen molar-refractivity contribution < 1.29 is 14.6 Å². The lowest BCUT2D eigenvalue weighted by Gasteiger charge is -2.08. The number of carbonyl (C=O) groups is 1. The van der Waals surface area contributed by atoms with Gasteiger partial charge in [0.25, 0.3) is 0 Å². The lowest BCUT2D eigenvalue weighted by molar-refractivity contribution is 0.103. The Morgan fingerprint density at radius 2 is 1.71 bits per heavy atom. The smallest absolute Gasteiger partial charge is 0.196 e. The summed E-state index contributed by atoms with van der Waals surface area (Å²) in [6.07, 6.45) is 0. The first-order chi connectivity index (χ1) is 11.6. The number of methoxy groups -OCH3 is 1. The van der Waals surface area contributed by atoms with Crippen molar-refractivity contribution in [2.24, 2.45) is 0 Å². The van der Waals surface area contributed by atoms with Gasteiger partial charge in [0, 0.05) is 17.3 Å². The Morgan fingerprint density at radius 3 is 2.38 bits per heavy atom. The summed E-state index contributed by atoms with van der Waals surface area (Å²) < 4.78 is 5.04. The number of phenolic OH excluding ortho intramolecular Hbond substituents is 1. The number of phenols is 1. The first kappa shape index (κ1) is 15.6. The molecule has 0 aliphatic heterocycles. The van der Waals surface area contributed by atoms with Crippen molar-refractivity contribution >= 4 is 11.5 Å². The summed E-state index contributed by atoms with van der Waals surface area (Å²) >= 11 is 0. The summed E-state index contributed by atoms with van der Waals surface area (Å²) in [4.78, 5) is 12.7. The molecule has 0 fully saturated rings. The molecule has 120 valence electrons. The molecule has 0 heterocycles. The second kappa shape index (κ2) is 6.46. The number of hydrogen-bond acceptors (Lipinski definition) is 4. The zero-order valence-electron chi connectivity index (χ0n) is 13.2. The molecular formula is C20H17NO3. The second-order valence-corrected chi connectivity index (χ2v) is 5.42. The number of aromatic hydroxyl groups is 1. The molecule has 3 rings (SSSR count). The molecule has 0 atom stereocenters. The molecule has 0 aliphatic carbocycles. The molecule has 3 aromatic rings.